The van der Waals surface area contributed by atoms with Crippen molar-refractivity contribution in [3.63, 3.8) is 0 Å². The highest BCUT2D eigenvalue weighted by molar-refractivity contribution is 6.08. The number of allylic oxidation sites excluding steroid dienone is 2. The molecule has 0 aromatic heterocycles. The minimum atomic E-state index is -0.414. The van der Waals surface area contributed by atoms with Crippen LogP contribution in [-0.2, 0) is 4.79 Å². The molecule has 2 aliphatic rings. The molecule has 0 unspecified atom stereocenters. The Balaban J connectivity index is 1.62. The van der Waals surface area contributed by atoms with Crippen molar-refractivity contribution in [1.29, 1.82) is 0 Å². The van der Waals surface area contributed by atoms with Crippen LogP contribution in [0.2, 0.25) is 0 Å². The first kappa shape index (κ1) is 19.4. The van der Waals surface area contributed by atoms with E-state index >= 15 is 0 Å². The van der Waals surface area contributed by atoms with Gasteiger partial charge in [0.15, 0.2) is 5.78 Å². The Hall–Kier alpha value is -2.96. The molecule has 29 heavy (non-hydrogen) atoms. The fraction of sp³-hybridized carbons (Fsp3) is 0.269. The van der Waals surface area contributed by atoms with E-state index in [1.165, 1.54) is 12.1 Å². The fourth-order valence-corrected chi connectivity index (χ4v) is 4.25. The number of hydrogen-bond donors (Lipinski definition) is 1. The summed E-state index contributed by atoms with van der Waals surface area (Å²) in [4.78, 5) is 12.6. The van der Waals surface area contributed by atoms with Crippen LogP contribution in [0.4, 0.5) is 4.39 Å². The van der Waals surface area contributed by atoms with E-state index < -0.39 is 6.10 Å². The van der Waals surface area contributed by atoms with Gasteiger partial charge in [0, 0.05) is 22.1 Å². The molecule has 1 saturated carbocycles. The van der Waals surface area contributed by atoms with Gasteiger partial charge in [0.25, 0.3) is 0 Å². The third kappa shape index (κ3) is 4.09. The second-order valence-corrected chi connectivity index (χ2v) is 8.09. The average Bonchev–Trinajstić information content (AvgIpc) is 2.69. The quantitative estimate of drug-likeness (QED) is 0.549. The lowest BCUT2D eigenvalue weighted by molar-refractivity contribution is -0.112. The lowest BCUT2D eigenvalue weighted by Gasteiger charge is -2.43. The van der Waals surface area contributed by atoms with Crippen LogP contribution in [0.25, 0.3) is 6.08 Å². The van der Waals surface area contributed by atoms with Gasteiger partial charge < -0.3 is 5.11 Å². The van der Waals surface area contributed by atoms with Gasteiger partial charge in [-0.2, -0.15) is 0 Å². The summed E-state index contributed by atoms with van der Waals surface area (Å²) in [5, 5.41) is 10.6. The standard InChI is InChI=1S/C26H23FO2/c1-26-17-21(24(28)16-22(26)8-4-10-25(26)29)14-20-7-2-5-18(13-20)11-12-19-6-3-9-23(27)15-19/h2-3,5-7,9,13-16,25,29H,4,8,10,17H2,1H3/b21-14+/t25-,26-/m0/s1. The summed E-state index contributed by atoms with van der Waals surface area (Å²) >= 11 is 0. The maximum atomic E-state index is 13.3. The highest BCUT2D eigenvalue weighted by Gasteiger charge is 2.43. The van der Waals surface area contributed by atoms with Crippen LogP contribution in [0.1, 0.15) is 49.3 Å². The van der Waals surface area contributed by atoms with E-state index in [2.05, 4.69) is 18.8 Å². The molecule has 0 aliphatic heterocycles. The number of hydrogen-bond acceptors (Lipinski definition) is 2. The molecule has 0 radical (unpaired) electrons. The van der Waals surface area contributed by atoms with Gasteiger partial charge in [0.05, 0.1) is 6.10 Å². The molecule has 2 aromatic carbocycles. The summed E-state index contributed by atoms with van der Waals surface area (Å²) in [5.74, 6) is 5.75. The zero-order valence-corrected chi connectivity index (χ0v) is 16.4. The number of carbonyl (C=O) groups excluding carboxylic acids is 1. The van der Waals surface area contributed by atoms with Gasteiger partial charge >= 0.3 is 0 Å². The van der Waals surface area contributed by atoms with Gasteiger partial charge in [0.2, 0.25) is 0 Å². The summed E-state index contributed by atoms with van der Waals surface area (Å²) in [6.07, 6.45) is 6.36. The van der Waals surface area contributed by atoms with Crippen LogP contribution in [0.3, 0.4) is 0 Å². The van der Waals surface area contributed by atoms with E-state index in [0.717, 1.165) is 36.0 Å². The lowest BCUT2D eigenvalue weighted by Crippen LogP contribution is -2.40. The molecule has 1 N–H and O–H groups in total. The van der Waals surface area contributed by atoms with Crippen LogP contribution in [0.15, 0.2) is 65.8 Å². The smallest absolute Gasteiger partial charge is 0.181 e. The summed E-state index contributed by atoms with van der Waals surface area (Å²) in [6, 6.07) is 13.8. The Morgan fingerprint density at radius 3 is 2.62 bits per heavy atom. The molecule has 2 atom stereocenters. The monoisotopic (exact) mass is 386 g/mol. The zero-order chi connectivity index (χ0) is 20.4. The van der Waals surface area contributed by atoms with Crippen molar-refractivity contribution < 1.29 is 14.3 Å². The second kappa shape index (κ2) is 7.81. The molecule has 4 rings (SSSR count). The average molecular weight is 386 g/mol. The molecule has 0 bridgehead atoms. The summed E-state index contributed by atoms with van der Waals surface area (Å²) in [5.41, 5.74) is 3.75. The Kier molecular flexibility index (Phi) is 5.22. The molecule has 0 spiro atoms. The number of halogens is 1. The summed E-state index contributed by atoms with van der Waals surface area (Å²) in [7, 11) is 0. The normalized spacial score (nSPS) is 25.1. The predicted octanol–water partition coefficient (Wildman–Crippen LogP) is 5.06. The van der Waals surface area contributed by atoms with Gasteiger partial charge in [-0.3, -0.25) is 4.79 Å². The Bertz CT molecular complexity index is 1080. The maximum Gasteiger partial charge on any atom is 0.181 e. The van der Waals surface area contributed by atoms with Gasteiger partial charge in [-0.25, -0.2) is 4.39 Å². The van der Waals surface area contributed by atoms with E-state index in [1.54, 1.807) is 18.2 Å². The number of fused-ring (bicyclic) bond motifs is 1. The SMILES string of the molecule is C[C@]12C/C(=C\c3cccc(C#Cc4cccc(F)c4)c3)C(=O)C=C1CCC[C@@H]2O. The predicted molar refractivity (Wildman–Crippen MR) is 112 cm³/mol. The van der Waals surface area contributed by atoms with Crippen LogP contribution in [0.5, 0.6) is 0 Å². The Labute approximate surface area is 170 Å². The zero-order valence-electron chi connectivity index (χ0n) is 16.4. The molecular weight excluding hydrogens is 363 g/mol. The van der Waals surface area contributed by atoms with Crippen LogP contribution in [0, 0.1) is 23.1 Å². The largest absolute Gasteiger partial charge is 0.392 e. The molecule has 1 fully saturated rings. The molecule has 0 amide bonds. The molecule has 2 aromatic rings. The summed E-state index contributed by atoms with van der Waals surface area (Å²) < 4.78 is 13.3. The molecule has 146 valence electrons. The van der Waals surface area contributed by atoms with Crippen LogP contribution in [-0.4, -0.2) is 17.0 Å². The van der Waals surface area contributed by atoms with Gasteiger partial charge in [0.1, 0.15) is 5.82 Å². The van der Waals surface area contributed by atoms with E-state index in [1.807, 2.05) is 30.3 Å². The van der Waals surface area contributed by atoms with Crippen molar-refractivity contribution in [3.05, 3.63) is 88.3 Å². The molecule has 2 aliphatic carbocycles. The first-order valence-corrected chi connectivity index (χ1v) is 9.96. The van der Waals surface area contributed by atoms with E-state index in [0.29, 0.717) is 17.6 Å². The van der Waals surface area contributed by atoms with Crippen LogP contribution >= 0.6 is 0 Å². The van der Waals surface area contributed by atoms with Crippen molar-refractivity contribution in [2.24, 2.45) is 5.41 Å². The number of aliphatic hydroxyl groups is 1. The molecule has 0 saturated heterocycles. The minimum Gasteiger partial charge on any atom is -0.392 e. The number of carbonyl (C=O) groups is 1. The molecule has 3 heteroatoms. The number of rotatable bonds is 1. The molecule has 0 heterocycles. The fourth-order valence-electron chi connectivity index (χ4n) is 4.25. The summed E-state index contributed by atoms with van der Waals surface area (Å²) in [6.45, 7) is 2.06. The third-order valence-corrected chi connectivity index (χ3v) is 5.98. The minimum absolute atomic E-state index is 0.0304. The van der Waals surface area contributed by atoms with Crippen molar-refractivity contribution in [3.8, 4) is 11.8 Å². The number of benzene rings is 2. The number of ketones is 1. The van der Waals surface area contributed by atoms with Crippen molar-refractivity contribution in [2.75, 3.05) is 0 Å². The van der Waals surface area contributed by atoms with Crippen LogP contribution < -0.4 is 0 Å². The lowest BCUT2D eigenvalue weighted by atomic mass is 9.63. The van der Waals surface area contributed by atoms with Crippen molar-refractivity contribution >= 4 is 11.9 Å². The second-order valence-electron chi connectivity index (χ2n) is 8.09. The van der Waals surface area contributed by atoms with Crippen molar-refractivity contribution in [1.82, 2.24) is 0 Å². The maximum absolute atomic E-state index is 13.3. The first-order valence-electron chi connectivity index (χ1n) is 9.96. The van der Waals surface area contributed by atoms with Gasteiger partial charge in [-0.05, 0) is 73.7 Å². The van der Waals surface area contributed by atoms with E-state index in [9.17, 15) is 14.3 Å². The van der Waals surface area contributed by atoms with E-state index in [-0.39, 0.29) is 17.0 Å². The molecule has 2 nitrogen and oxygen atoms in total. The van der Waals surface area contributed by atoms with Gasteiger partial charge in [-0.1, -0.05) is 42.5 Å². The number of aliphatic hydroxyl groups excluding tert-OH is 1. The van der Waals surface area contributed by atoms with E-state index in [4.69, 9.17) is 0 Å². The topological polar surface area (TPSA) is 37.3 Å². The third-order valence-electron chi connectivity index (χ3n) is 5.98. The Morgan fingerprint density at radius 1 is 1.14 bits per heavy atom. The van der Waals surface area contributed by atoms with Gasteiger partial charge in [-0.15, -0.1) is 0 Å². The van der Waals surface area contributed by atoms with Crippen molar-refractivity contribution in [2.45, 2.75) is 38.7 Å². The Morgan fingerprint density at radius 2 is 1.86 bits per heavy atom. The molecular formula is C26H23FO2. The first-order chi connectivity index (χ1) is 13.9. The highest BCUT2D eigenvalue weighted by atomic mass is 19.1. The highest BCUT2D eigenvalue weighted by Crippen LogP contribution is 2.48.